The first kappa shape index (κ1) is 11.3. The van der Waals surface area contributed by atoms with Gasteiger partial charge in [-0.2, -0.15) is 0 Å². The Hall–Kier alpha value is -2.16. The number of Topliss-reactive ketones (excluding diaryl/α,β-unsaturated/α-hetero) is 1. The van der Waals surface area contributed by atoms with Crippen LogP contribution in [0.2, 0.25) is 0 Å². The Bertz CT molecular complexity index is 626. The van der Waals surface area contributed by atoms with Gasteiger partial charge in [-0.15, -0.1) is 0 Å². The molecule has 0 fully saturated rings. The maximum Gasteiger partial charge on any atom is 0.255 e. The van der Waals surface area contributed by atoms with Crippen LogP contribution >= 0.6 is 0 Å². The molecular formula is C14H13NO2. The van der Waals surface area contributed by atoms with Crippen LogP contribution < -0.4 is 5.56 Å². The molecule has 0 spiro atoms. The van der Waals surface area contributed by atoms with E-state index in [1.807, 2.05) is 13.0 Å². The lowest BCUT2D eigenvalue weighted by Crippen LogP contribution is -2.16. The predicted octanol–water partition coefficient (Wildman–Crippen LogP) is 2.35. The summed E-state index contributed by atoms with van der Waals surface area (Å²) in [6.07, 6.45) is 1.77. The summed E-state index contributed by atoms with van der Waals surface area (Å²) in [6.45, 7) is 3.43. The van der Waals surface area contributed by atoms with E-state index < -0.39 is 0 Å². The van der Waals surface area contributed by atoms with Gasteiger partial charge in [-0.25, -0.2) is 0 Å². The third-order valence-corrected chi connectivity index (χ3v) is 2.59. The number of hydrogen-bond donors (Lipinski definition) is 0. The number of carbonyl (C=O) groups is 1. The van der Waals surface area contributed by atoms with Crippen LogP contribution in [0.1, 0.15) is 22.8 Å². The number of nitrogens with zero attached hydrogens (tertiary/aromatic N) is 1. The van der Waals surface area contributed by atoms with Crippen molar-refractivity contribution in [2.45, 2.75) is 13.8 Å². The normalized spacial score (nSPS) is 10.2. The first-order chi connectivity index (χ1) is 8.08. The molecule has 0 aliphatic carbocycles. The Kier molecular flexibility index (Phi) is 2.91. The molecule has 0 aliphatic rings. The van der Waals surface area contributed by atoms with Crippen molar-refractivity contribution in [2.24, 2.45) is 0 Å². The summed E-state index contributed by atoms with van der Waals surface area (Å²) < 4.78 is 1.54. The van der Waals surface area contributed by atoms with Crippen molar-refractivity contribution in [3.63, 3.8) is 0 Å². The average Bonchev–Trinajstić information content (AvgIpc) is 2.32. The molecule has 1 aromatic carbocycles. The third-order valence-electron chi connectivity index (χ3n) is 2.59. The molecule has 0 N–H and O–H groups in total. The number of aryl methyl sites for hydroxylation is 1. The minimum Gasteiger partial charge on any atom is -0.295 e. The van der Waals surface area contributed by atoms with Gasteiger partial charge in [-0.3, -0.25) is 14.2 Å². The summed E-state index contributed by atoms with van der Waals surface area (Å²) in [7, 11) is 0. The summed E-state index contributed by atoms with van der Waals surface area (Å²) in [6, 6.07) is 10.4. The number of pyridine rings is 1. The van der Waals surface area contributed by atoms with Gasteiger partial charge in [0.2, 0.25) is 0 Å². The van der Waals surface area contributed by atoms with Gasteiger partial charge in [0.25, 0.3) is 5.56 Å². The van der Waals surface area contributed by atoms with Gasteiger partial charge in [0.1, 0.15) is 0 Å². The number of carbonyl (C=O) groups excluding carboxylic acids is 1. The van der Waals surface area contributed by atoms with E-state index in [0.717, 1.165) is 5.56 Å². The Morgan fingerprint density at radius 2 is 1.94 bits per heavy atom. The van der Waals surface area contributed by atoms with E-state index in [-0.39, 0.29) is 11.3 Å². The average molecular weight is 227 g/mol. The first-order valence-electron chi connectivity index (χ1n) is 5.38. The van der Waals surface area contributed by atoms with Crippen molar-refractivity contribution >= 4 is 5.78 Å². The van der Waals surface area contributed by atoms with Crippen molar-refractivity contribution in [1.82, 2.24) is 4.57 Å². The maximum atomic E-state index is 11.7. The molecular weight excluding hydrogens is 214 g/mol. The standard InChI is InChI=1S/C14H13NO2/c1-10-6-7-14(17)15(9-10)13-5-3-4-12(8-13)11(2)16/h3-9H,1-2H3. The summed E-state index contributed by atoms with van der Waals surface area (Å²) >= 11 is 0. The fourth-order valence-electron chi connectivity index (χ4n) is 1.67. The van der Waals surface area contributed by atoms with Crippen LogP contribution in [0.15, 0.2) is 47.4 Å². The van der Waals surface area contributed by atoms with Gasteiger partial charge in [-0.1, -0.05) is 18.2 Å². The highest BCUT2D eigenvalue weighted by atomic mass is 16.1. The second-order valence-electron chi connectivity index (χ2n) is 4.02. The van der Waals surface area contributed by atoms with Gasteiger partial charge < -0.3 is 0 Å². The molecule has 17 heavy (non-hydrogen) atoms. The molecule has 1 heterocycles. The lowest BCUT2D eigenvalue weighted by molar-refractivity contribution is 0.101. The number of aromatic nitrogens is 1. The Balaban J connectivity index is 2.60. The minimum absolute atomic E-state index is 0.00690. The molecule has 0 atom stereocenters. The van der Waals surface area contributed by atoms with Gasteiger partial charge >= 0.3 is 0 Å². The largest absolute Gasteiger partial charge is 0.295 e. The van der Waals surface area contributed by atoms with E-state index in [1.165, 1.54) is 13.0 Å². The van der Waals surface area contributed by atoms with E-state index in [1.54, 1.807) is 35.0 Å². The molecule has 0 unspecified atom stereocenters. The zero-order chi connectivity index (χ0) is 12.4. The fraction of sp³-hybridized carbons (Fsp3) is 0.143. The molecule has 3 heteroatoms. The van der Waals surface area contributed by atoms with Gasteiger partial charge in [-0.05, 0) is 31.5 Å². The van der Waals surface area contributed by atoms with Crippen molar-refractivity contribution in [3.05, 3.63) is 64.1 Å². The first-order valence-corrected chi connectivity index (χ1v) is 5.38. The summed E-state index contributed by atoms with van der Waals surface area (Å²) in [4.78, 5) is 23.0. The zero-order valence-electron chi connectivity index (χ0n) is 9.81. The van der Waals surface area contributed by atoms with E-state index >= 15 is 0 Å². The molecule has 3 nitrogen and oxygen atoms in total. The van der Waals surface area contributed by atoms with Crippen molar-refractivity contribution < 1.29 is 4.79 Å². The SMILES string of the molecule is CC(=O)c1cccc(-n2cc(C)ccc2=O)c1. The third kappa shape index (κ3) is 2.33. The van der Waals surface area contributed by atoms with Crippen LogP contribution in [-0.2, 0) is 0 Å². The van der Waals surface area contributed by atoms with Gasteiger partial charge in [0.05, 0.1) is 0 Å². The summed E-state index contributed by atoms with van der Waals surface area (Å²) in [5.41, 5.74) is 2.22. The van der Waals surface area contributed by atoms with Gasteiger partial charge in [0, 0.05) is 23.5 Å². The Morgan fingerprint density at radius 1 is 1.18 bits per heavy atom. The van der Waals surface area contributed by atoms with Gasteiger partial charge in [0.15, 0.2) is 5.78 Å². The number of benzene rings is 1. The summed E-state index contributed by atoms with van der Waals surface area (Å²) in [5.74, 6) is -0.00690. The molecule has 2 rings (SSSR count). The quantitative estimate of drug-likeness (QED) is 0.739. The lowest BCUT2D eigenvalue weighted by Gasteiger charge is -2.07. The molecule has 0 aliphatic heterocycles. The summed E-state index contributed by atoms with van der Waals surface area (Å²) in [5, 5.41) is 0. The predicted molar refractivity (Wildman–Crippen MR) is 66.8 cm³/mol. The zero-order valence-corrected chi connectivity index (χ0v) is 9.81. The number of ketones is 1. The molecule has 1 aromatic heterocycles. The Labute approximate surface area is 99.3 Å². The maximum absolute atomic E-state index is 11.7. The second-order valence-corrected chi connectivity index (χ2v) is 4.02. The monoisotopic (exact) mass is 227 g/mol. The van der Waals surface area contributed by atoms with Crippen LogP contribution in [0.4, 0.5) is 0 Å². The molecule has 0 saturated carbocycles. The lowest BCUT2D eigenvalue weighted by atomic mass is 10.1. The van der Waals surface area contributed by atoms with E-state index in [4.69, 9.17) is 0 Å². The molecule has 0 amide bonds. The van der Waals surface area contributed by atoms with Crippen LogP contribution in [0, 0.1) is 6.92 Å². The van der Waals surface area contributed by atoms with E-state index in [0.29, 0.717) is 11.3 Å². The Morgan fingerprint density at radius 3 is 2.65 bits per heavy atom. The molecule has 0 radical (unpaired) electrons. The van der Waals surface area contributed by atoms with Crippen LogP contribution in [-0.4, -0.2) is 10.4 Å². The van der Waals surface area contributed by atoms with Crippen LogP contribution in [0.25, 0.3) is 5.69 Å². The molecule has 0 bridgehead atoms. The highest BCUT2D eigenvalue weighted by molar-refractivity contribution is 5.94. The molecule has 86 valence electrons. The fourth-order valence-corrected chi connectivity index (χ4v) is 1.67. The minimum atomic E-state index is -0.101. The van der Waals surface area contributed by atoms with Crippen molar-refractivity contribution in [3.8, 4) is 5.69 Å². The van der Waals surface area contributed by atoms with E-state index in [9.17, 15) is 9.59 Å². The van der Waals surface area contributed by atoms with E-state index in [2.05, 4.69) is 0 Å². The highest BCUT2D eigenvalue weighted by Gasteiger charge is 2.03. The number of hydrogen-bond acceptors (Lipinski definition) is 2. The second kappa shape index (κ2) is 4.37. The van der Waals surface area contributed by atoms with Crippen molar-refractivity contribution in [1.29, 1.82) is 0 Å². The molecule has 2 aromatic rings. The van der Waals surface area contributed by atoms with Crippen molar-refractivity contribution in [2.75, 3.05) is 0 Å². The molecule has 0 saturated heterocycles. The van der Waals surface area contributed by atoms with Crippen LogP contribution in [0.3, 0.4) is 0 Å². The number of rotatable bonds is 2. The topological polar surface area (TPSA) is 39.1 Å². The van der Waals surface area contributed by atoms with Crippen LogP contribution in [0.5, 0.6) is 0 Å². The highest BCUT2D eigenvalue weighted by Crippen LogP contribution is 2.10. The smallest absolute Gasteiger partial charge is 0.255 e.